The fourth-order valence-corrected chi connectivity index (χ4v) is 6.40. The minimum absolute atomic E-state index is 0.0866. The highest BCUT2D eigenvalue weighted by molar-refractivity contribution is 7.52. The summed E-state index contributed by atoms with van der Waals surface area (Å²) in [6.07, 6.45) is -2.90. The van der Waals surface area contributed by atoms with Crippen LogP contribution in [0.15, 0.2) is 0 Å². The van der Waals surface area contributed by atoms with Gasteiger partial charge in [-0.05, 0) is 0 Å². The molecule has 18 nitrogen and oxygen atoms in total. The van der Waals surface area contributed by atoms with E-state index in [1.165, 1.54) is 19.6 Å². The summed E-state index contributed by atoms with van der Waals surface area (Å²) in [5, 5.41) is 0. The summed E-state index contributed by atoms with van der Waals surface area (Å²) in [5.41, 5.74) is 18.2. The molecule has 0 atom stereocenters. The highest BCUT2D eigenvalue weighted by Gasteiger charge is 2.26. The van der Waals surface area contributed by atoms with Gasteiger partial charge in [-0.1, -0.05) is 0 Å². The van der Waals surface area contributed by atoms with E-state index in [1.807, 2.05) is 0 Å². The smallest absolute Gasteiger partial charge is 0.324 e. The Morgan fingerprint density at radius 2 is 0.556 bits per heavy atom. The number of hydrogen-bond acceptors (Lipinski definition) is 8. The minimum atomic E-state index is -4.59. The van der Waals surface area contributed by atoms with Crippen molar-refractivity contribution in [3.05, 3.63) is 0 Å². The van der Waals surface area contributed by atoms with E-state index in [4.69, 9.17) is 31.0 Å². The van der Waals surface area contributed by atoms with Gasteiger partial charge in [-0.3, -0.25) is 37.9 Å². The van der Waals surface area contributed by atoms with E-state index in [1.54, 1.807) is 0 Å². The fraction of sp³-hybridized carbons (Fsp3) is 1.00. The van der Waals surface area contributed by atoms with E-state index >= 15 is 0 Å². The van der Waals surface area contributed by atoms with E-state index in [0.717, 1.165) is 0 Å². The van der Waals surface area contributed by atoms with E-state index in [0.29, 0.717) is 0 Å². The van der Waals surface area contributed by atoms with Gasteiger partial charge >= 0.3 is 30.4 Å². The first-order valence-electron chi connectivity index (χ1n) is 10.5. The van der Waals surface area contributed by atoms with Gasteiger partial charge in [0.05, 0.1) is 0 Å². The summed E-state index contributed by atoms with van der Waals surface area (Å²) in [4.78, 5) is 79.1. The van der Waals surface area contributed by atoms with Crippen LogP contribution < -0.4 is 11.5 Å². The predicted octanol–water partition coefficient (Wildman–Crippen LogP) is -3.13. The second kappa shape index (κ2) is 16.5. The molecule has 0 heterocycles. The van der Waals surface area contributed by atoms with Gasteiger partial charge in [-0.25, -0.2) is 0 Å². The van der Waals surface area contributed by atoms with Gasteiger partial charge in [0.1, 0.15) is 25.1 Å². The van der Waals surface area contributed by atoms with Crippen LogP contribution in [0.5, 0.6) is 0 Å². The van der Waals surface area contributed by atoms with Crippen LogP contribution in [0.4, 0.5) is 0 Å². The lowest BCUT2D eigenvalue weighted by molar-refractivity contribution is 0.178. The summed E-state index contributed by atoms with van der Waals surface area (Å²) < 4.78 is 45.7. The molecule has 0 amide bonds. The zero-order valence-electron chi connectivity index (χ0n) is 19.6. The van der Waals surface area contributed by atoms with Gasteiger partial charge in [-0.2, -0.15) is 0 Å². The quantitative estimate of drug-likeness (QED) is 0.0601. The maximum absolute atomic E-state index is 11.6. The third-order valence-electron chi connectivity index (χ3n) is 4.57. The Bertz CT molecular complexity index is 750. The summed E-state index contributed by atoms with van der Waals surface area (Å²) >= 11 is 0. The first-order chi connectivity index (χ1) is 16.2. The molecule has 0 aromatic rings. The highest BCUT2D eigenvalue weighted by atomic mass is 31.2. The van der Waals surface area contributed by atoms with Crippen molar-refractivity contribution in [1.82, 2.24) is 31.1 Å². The highest BCUT2D eigenvalue weighted by Crippen LogP contribution is 2.38. The molecule has 0 saturated heterocycles. The predicted molar refractivity (Wildman–Crippen MR) is 128 cm³/mol. The Balaban J connectivity index is 5.38. The maximum atomic E-state index is 11.6. The topological polar surface area (TPSA) is 288 Å². The Morgan fingerprint density at radius 3 is 0.694 bits per heavy atom. The van der Waals surface area contributed by atoms with Crippen molar-refractivity contribution in [1.29, 1.82) is 0 Å². The Labute approximate surface area is 209 Å². The third kappa shape index (κ3) is 22.4. The molecule has 0 aliphatic rings. The van der Waals surface area contributed by atoms with Crippen LogP contribution in [0.1, 0.15) is 0 Å². The lowest BCUT2D eigenvalue weighted by Gasteiger charge is -2.31. The number of hydrogen-bond donors (Lipinski definition) is 8. The largest absolute Gasteiger partial charge is 0.339 e. The lowest BCUT2D eigenvalue weighted by atomic mass is 10.4. The number of rotatable bonds is 21. The number of nitrogens with zero attached hydrogens (tertiary/aromatic N) is 6. The molecule has 0 bridgehead atoms. The Kier molecular flexibility index (Phi) is 16.6. The zero-order valence-corrected chi connectivity index (χ0v) is 23.2. The van der Waals surface area contributed by atoms with Gasteiger partial charge < -0.3 is 39.1 Å². The van der Waals surface area contributed by atoms with Crippen LogP contribution in [-0.4, -0.2) is 149 Å². The normalized spacial score (nSPS) is 14.1. The maximum Gasteiger partial charge on any atom is 0.339 e. The molecule has 0 unspecified atom stereocenters. The molecule has 0 fully saturated rings. The van der Waals surface area contributed by atoms with E-state index in [9.17, 15) is 37.8 Å². The second-order valence-electron chi connectivity index (χ2n) is 8.14. The summed E-state index contributed by atoms with van der Waals surface area (Å²) in [7, 11) is -18.1. The van der Waals surface area contributed by atoms with Crippen LogP contribution in [0, 0.1) is 0 Å². The van der Waals surface area contributed by atoms with Crippen LogP contribution in [0.3, 0.4) is 0 Å². The lowest BCUT2D eigenvalue weighted by Crippen LogP contribution is -2.43. The zero-order chi connectivity index (χ0) is 28.2. The molecular weight excluding hydrogens is 568 g/mol. The van der Waals surface area contributed by atoms with Crippen LogP contribution in [0.2, 0.25) is 0 Å². The van der Waals surface area contributed by atoms with Crippen LogP contribution in [0.25, 0.3) is 0 Å². The van der Waals surface area contributed by atoms with Crippen LogP contribution >= 0.6 is 30.4 Å². The Morgan fingerprint density at radius 1 is 0.389 bits per heavy atom. The van der Waals surface area contributed by atoms with Gasteiger partial charge in [-0.15, -0.1) is 11.5 Å². The van der Waals surface area contributed by atoms with Crippen molar-refractivity contribution in [3.63, 3.8) is 0 Å². The molecule has 4 radical (unpaired) electrons. The summed E-state index contributed by atoms with van der Waals surface area (Å²) in [6.45, 7) is -1.72. The molecule has 36 heavy (non-hydrogen) atoms. The van der Waals surface area contributed by atoms with Crippen molar-refractivity contribution in [2.45, 2.75) is 0 Å². The molecule has 8 N–H and O–H groups in total. The molecule has 214 valence electrons. The van der Waals surface area contributed by atoms with Crippen LogP contribution in [-0.2, 0) is 18.3 Å². The summed E-state index contributed by atoms with van der Waals surface area (Å²) in [6, 6.07) is 0. The van der Waals surface area contributed by atoms with Gasteiger partial charge in [0, 0.05) is 65.4 Å². The van der Waals surface area contributed by atoms with Gasteiger partial charge in [0.2, 0.25) is 0 Å². The fourth-order valence-electron chi connectivity index (χ4n) is 3.19. The molecule has 0 aliphatic heterocycles. The van der Waals surface area contributed by atoms with Crippen molar-refractivity contribution >= 4 is 30.4 Å². The molecule has 0 aromatic heterocycles. The van der Waals surface area contributed by atoms with Crippen molar-refractivity contribution in [2.24, 2.45) is 0 Å². The monoisotopic (exact) mass is 604 g/mol. The van der Waals surface area contributed by atoms with E-state index < -0.39 is 68.6 Å². The van der Waals surface area contributed by atoms with Gasteiger partial charge in [0.15, 0.2) is 0 Å². The molecule has 22 heteroatoms. The first-order valence-corrected chi connectivity index (χ1v) is 17.7. The average molecular weight is 604 g/mol. The van der Waals surface area contributed by atoms with Gasteiger partial charge in [0.25, 0.3) is 0 Å². The molecular formula is C14H36N6O12P4. The minimum Gasteiger partial charge on any atom is -0.324 e. The average Bonchev–Trinajstić information content (AvgIpc) is 2.63. The molecule has 0 saturated carbocycles. The summed E-state index contributed by atoms with van der Waals surface area (Å²) in [5.74, 6) is 0. The first kappa shape index (κ1) is 36.4. The van der Waals surface area contributed by atoms with E-state index in [2.05, 4.69) is 0 Å². The van der Waals surface area contributed by atoms with Crippen molar-refractivity contribution in [2.75, 3.05) is 90.6 Å². The standard InChI is InChI=1S/C14H36N6O12P4/c15-1-3-17(11-33(21,22)23)5-7-19(13-35(27,28)29)9-10-20(14-36(30,31)32)8-6-18(4-2-16)12-34(24,25)26/h1-14H2,(H2,21,22,23)(H2,24,25,26)(H2,27,28,29)(H2,30,31,32). The second-order valence-corrected chi connectivity index (χ2v) is 14.6. The molecule has 0 aliphatic carbocycles. The molecule has 0 spiro atoms. The molecule has 0 rings (SSSR count). The third-order valence-corrected chi connectivity index (χ3v) is 7.64. The Hall–Kier alpha value is 0.360. The molecule has 0 aromatic carbocycles. The van der Waals surface area contributed by atoms with Crippen molar-refractivity contribution < 1.29 is 57.4 Å². The van der Waals surface area contributed by atoms with E-state index in [-0.39, 0.29) is 52.4 Å². The SMILES string of the molecule is [N]CCN(CCN(CCN(CCN(CC[N])CP(=O)(O)O)CP(=O)(O)O)CP(=O)(O)O)CP(=O)(O)O. The van der Waals surface area contributed by atoms with Crippen molar-refractivity contribution in [3.8, 4) is 0 Å².